The third kappa shape index (κ3) is 7.64. The van der Waals surface area contributed by atoms with Crippen LogP contribution >= 0.6 is 27.2 Å². The second kappa shape index (κ2) is 13.5. The van der Waals surface area contributed by atoms with E-state index in [1.54, 1.807) is 0 Å². The molecule has 2 aromatic heterocycles. The number of hydrogen-bond donors (Lipinski definition) is 7. The van der Waals surface area contributed by atoms with E-state index in [2.05, 4.69) is 30.1 Å². The quantitative estimate of drug-likeness (QED) is 0.0708. The van der Waals surface area contributed by atoms with Gasteiger partial charge in [-0.2, -0.15) is 13.9 Å². The molecule has 20 nitrogen and oxygen atoms in total. The number of nitrogens with two attached hydrogens (primary N) is 1. The Kier molecular flexibility index (Phi) is 10.5. The molecule has 10 atom stereocenters. The summed E-state index contributed by atoms with van der Waals surface area (Å²) in [6.07, 6.45) is -9.08. The lowest BCUT2D eigenvalue weighted by molar-refractivity contribution is -0.765. The molecular formula is C21H27ClN5O15P2+. The van der Waals surface area contributed by atoms with Gasteiger partial charge in [0.1, 0.15) is 41.1 Å². The number of amides is 1. The van der Waals surface area contributed by atoms with E-state index < -0.39 is 89.5 Å². The standard InChI is InChI=1S/C21H26ClN5O15P2/c1-24-18-10(22)6-27(21(33)25-18)20-16(31)14(29)12(41-20)8-39-44(36,37)42-43(34,35)38-7-11-13(28)15(30)19(40-11)26-4-2-3-9(5-26)17(23)32/h2-6,11-16,19-20,28-31H,1,7-8H2,(H3-,23,32,34,35,36,37)/p+1/t11-,12-,13?,14?,15?,16?,19-,20-/m1/s1. The molecule has 2 aliphatic heterocycles. The number of nitrogens with zero attached hydrogens (tertiary/aromatic N) is 4. The second-order valence-corrected chi connectivity index (χ2v) is 12.8. The lowest BCUT2D eigenvalue weighted by atomic mass is 10.1. The van der Waals surface area contributed by atoms with Crippen LogP contribution in [0.1, 0.15) is 22.8 Å². The average Bonchev–Trinajstić information content (AvgIpc) is 3.41. The number of carbonyl (C=O) groups is 1. The van der Waals surface area contributed by atoms with Gasteiger partial charge >= 0.3 is 21.3 Å². The third-order valence-corrected chi connectivity index (χ3v) is 9.27. The first-order valence-corrected chi connectivity index (χ1v) is 15.7. The van der Waals surface area contributed by atoms with E-state index in [9.17, 15) is 48.9 Å². The van der Waals surface area contributed by atoms with Gasteiger partial charge in [0.05, 0.1) is 13.2 Å². The first-order valence-electron chi connectivity index (χ1n) is 12.3. The molecule has 0 aliphatic carbocycles. The number of aliphatic hydroxyl groups is 4. The number of phosphoric ester groups is 2. The van der Waals surface area contributed by atoms with Crippen LogP contribution in [0.5, 0.6) is 0 Å². The fourth-order valence-corrected chi connectivity index (χ4v) is 6.55. The van der Waals surface area contributed by atoms with Crippen LogP contribution in [-0.2, 0) is 32.0 Å². The van der Waals surface area contributed by atoms with Gasteiger partial charge in [0.15, 0.2) is 30.5 Å². The molecule has 2 aromatic rings. The van der Waals surface area contributed by atoms with Crippen LogP contribution in [0.15, 0.2) is 40.5 Å². The Morgan fingerprint density at radius 3 is 2.27 bits per heavy atom. The first-order chi connectivity index (χ1) is 20.5. The van der Waals surface area contributed by atoms with Crippen molar-refractivity contribution in [2.45, 2.75) is 49.1 Å². The zero-order valence-corrected chi connectivity index (χ0v) is 24.7. The summed E-state index contributed by atoms with van der Waals surface area (Å²) in [5.74, 6) is -0.978. The summed E-state index contributed by atoms with van der Waals surface area (Å²) in [5, 5.41) is 41.2. The van der Waals surface area contributed by atoms with E-state index in [0.29, 0.717) is 0 Å². The van der Waals surface area contributed by atoms with Crippen molar-refractivity contribution in [2.24, 2.45) is 10.7 Å². The predicted molar refractivity (Wildman–Crippen MR) is 142 cm³/mol. The Balaban J connectivity index is 1.33. The Labute approximate surface area is 251 Å². The summed E-state index contributed by atoms with van der Waals surface area (Å²) in [6, 6.07) is 2.81. The van der Waals surface area contributed by atoms with Gasteiger partial charge in [0, 0.05) is 12.3 Å². The number of ether oxygens (including phenoxy) is 2. The van der Waals surface area contributed by atoms with Crippen molar-refractivity contribution < 1.29 is 71.5 Å². The van der Waals surface area contributed by atoms with Gasteiger partial charge in [-0.3, -0.25) is 18.4 Å². The van der Waals surface area contributed by atoms with Crippen molar-refractivity contribution in [3.05, 3.63) is 51.8 Å². The Morgan fingerprint density at radius 2 is 1.68 bits per heavy atom. The number of aromatic nitrogens is 3. The van der Waals surface area contributed by atoms with Crippen molar-refractivity contribution >= 4 is 45.7 Å². The van der Waals surface area contributed by atoms with Crippen molar-refractivity contribution in [1.29, 1.82) is 0 Å². The van der Waals surface area contributed by atoms with Crippen molar-refractivity contribution in [1.82, 2.24) is 9.55 Å². The first kappa shape index (κ1) is 34.4. The fourth-order valence-electron chi connectivity index (χ4n) is 4.25. The number of phosphoric acid groups is 2. The number of carbonyl (C=O) groups excluding carboxylic acids is 1. The molecule has 4 heterocycles. The predicted octanol–water partition coefficient (Wildman–Crippen LogP) is -2.20. The summed E-state index contributed by atoms with van der Waals surface area (Å²) in [6.45, 7) is 1.28. The lowest BCUT2D eigenvalue weighted by Crippen LogP contribution is -2.46. The van der Waals surface area contributed by atoms with Crippen molar-refractivity contribution in [2.75, 3.05) is 13.2 Å². The van der Waals surface area contributed by atoms with Crippen LogP contribution < -0.4 is 16.0 Å². The second-order valence-electron chi connectivity index (χ2n) is 9.37. The Bertz CT molecular complexity index is 1560. The highest BCUT2D eigenvalue weighted by atomic mass is 35.5. The van der Waals surface area contributed by atoms with Gasteiger partial charge in [-0.25, -0.2) is 18.9 Å². The summed E-state index contributed by atoms with van der Waals surface area (Å²) in [7, 11) is -10.8. The van der Waals surface area contributed by atoms with E-state index in [0.717, 1.165) is 10.8 Å². The van der Waals surface area contributed by atoms with Gasteiger partial charge < -0.3 is 45.4 Å². The highest BCUT2D eigenvalue weighted by Gasteiger charge is 2.50. The Hall–Kier alpha value is -2.52. The van der Waals surface area contributed by atoms with E-state index in [4.69, 9.17) is 26.8 Å². The number of aliphatic imine (C=N–C) groups is 1. The van der Waals surface area contributed by atoms with Gasteiger partial charge in [-0.15, -0.1) is 0 Å². The summed E-state index contributed by atoms with van der Waals surface area (Å²) in [5.41, 5.74) is 4.30. The number of halogens is 1. The molecule has 0 aromatic carbocycles. The lowest BCUT2D eigenvalue weighted by Gasteiger charge is -2.20. The molecule has 2 fully saturated rings. The minimum absolute atomic E-state index is 0.0556. The molecule has 0 bridgehead atoms. The largest absolute Gasteiger partial charge is 0.481 e. The van der Waals surface area contributed by atoms with Crippen LogP contribution in [0.2, 0.25) is 5.02 Å². The van der Waals surface area contributed by atoms with E-state index >= 15 is 0 Å². The molecule has 2 saturated heterocycles. The monoisotopic (exact) mass is 686 g/mol. The van der Waals surface area contributed by atoms with Crippen LogP contribution in [0.25, 0.3) is 0 Å². The van der Waals surface area contributed by atoms with Crippen molar-refractivity contribution in [3.8, 4) is 0 Å². The molecule has 2 aliphatic rings. The summed E-state index contributed by atoms with van der Waals surface area (Å²) in [4.78, 5) is 50.6. The van der Waals surface area contributed by atoms with Gasteiger partial charge in [0.2, 0.25) is 0 Å². The number of hydrogen-bond acceptors (Lipinski definition) is 15. The molecule has 8 N–H and O–H groups in total. The molecule has 6 unspecified atom stereocenters. The summed E-state index contributed by atoms with van der Waals surface area (Å²) < 4.78 is 51.0. The SMILES string of the molecule is C=Nc1nc(=O)n([C@@H]2O[C@H](COP(=O)(O)OP(=O)(O)OC[C@H]3O[C@@H]([n+]4cccc(C(N)=O)c4)C(O)C3O)C(O)C2O)cc1Cl. The molecule has 0 radical (unpaired) electrons. The van der Waals surface area contributed by atoms with Crippen molar-refractivity contribution in [3.63, 3.8) is 0 Å². The smallest absolute Gasteiger partial charge is 0.387 e. The molecule has 4 rings (SSSR count). The number of aliphatic hydroxyl groups excluding tert-OH is 4. The molecule has 0 saturated carbocycles. The summed E-state index contributed by atoms with van der Waals surface area (Å²) >= 11 is 5.94. The van der Waals surface area contributed by atoms with Crippen LogP contribution in [-0.4, -0.2) is 102 Å². The maximum atomic E-state index is 12.4. The third-order valence-electron chi connectivity index (χ3n) is 6.40. The van der Waals surface area contributed by atoms with Gasteiger partial charge in [-0.05, 0) is 12.8 Å². The highest BCUT2D eigenvalue weighted by Crippen LogP contribution is 2.60. The van der Waals surface area contributed by atoms with E-state index in [1.807, 2.05) is 0 Å². The van der Waals surface area contributed by atoms with E-state index in [-0.39, 0.29) is 16.4 Å². The van der Waals surface area contributed by atoms with Crippen LogP contribution in [0, 0.1) is 0 Å². The molecule has 242 valence electrons. The number of pyridine rings is 1. The zero-order valence-electron chi connectivity index (χ0n) is 22.1. The topological polar surface area (TPSA) is 296 Å². The minimum atomic E-state index is -5.43. The molecule has 1 amide bonds. The van der Waals surface area contributed by atoms with Crippen LogP contribution in [0.4, 0.5) is 5.82 Å². The zero-order chi connectivity index (χ0) is 32.6. The minimum Gasteiger partial charge on any atom is -0.387 e. The molecule has 23 heteroatoms. The molecular weight excluding hydrogens is 660 g/mol. The number of rotatable bonds is 12. The maximum Gasteiger partial charge on any atom is 0.481 e. The highest BCUT2D eigenvalue weighted by molar-refractivity contribution is 7.61. The fraction of sp³-hybridized carbons (Fsp3) is 0.476. The molecule has 0 spiro atoms. The normalized spacial score (nSPS) is 31.3. The number of primary amides is 1. The Morgan fingerprint density at radius 1 is 1.09 bits per heavy atom. The van der Waals surface area contributed by atoms with E-state index in [1.165, 1.54) is 29.1 Å². The van der Waals surface area contributed by atoms with Gasteiger partial charge in [-0.1, -0.05) is 11.6 Å². The van der Waals surface area contributed by atoms with Crippen LogP contribution in [0.3, 0.4) is 0 Å². The average molecular weight is 687 g/mol. The maximum absolute atomic E-state index is 12.4. The molecule has 44 heavy (non-hydrogen) atoms. The van der Waals surface area contributed by atoms with Gasteiger partial charge in [0.25, 0.3) is 12.1 Å².